The van der Waals surface area contributed by atoms with Crippen LogP contribution < -0.4 is 0 Å². The number of amides is 1. The summed E-state index contributed by atoms with van der Waals surface area (Å²) in [6.45, 7) is 7.40. The Labute approximate surface area is 154 Å². The Bertz CT molecular complexity index is 773. The van der Waals surface area contributed by atoms with E-state index in [1.807, 2.05) is 35.2 Å². The Hall–Kier alpha value is -2.21. The summed E-state index contributed by atoms with van der Waals surface area (Å²) in [5.74, 6) is 1.50. The first kappa shape index (κ1) is 17.2. The van der Waals surface area contributed by atoms with Gasteiger partial charge in [-0.25, -0.2) is 0 Å². The third-order valence-corrected chi connectivity index (χ3v) is 5.67. The van der Waals surface area contributed by atoms with Crippen molar-refractivity contribution in [1.29, 1.82) is 0 Å². The summed E-state index contributed by atoms with van der Waals surface area (Å²) in [5.41, 5.74) is 0.712. The van der Waals surface area contributed by atoms with Crippen LogP contribution in [-0.4, -0.2) is 51.6 Å². The molecular formula is C20H26N4O2. The molecule has 0 bridgehead atoms. The third-order valence-electron chi connectivity index (χ3n) is 5.67. The normalized spacial score (nSPS) is 24.1. The van der Waals surface area contributed by atoms with Crippen molar-refractivity contribution in [3.8, 4) is 11.5 Å². The highest BCUT2D eigenvalue weighted by Gasteiger charge is 2.48. The predicted octanol–water partition coefficient (Wildman–Crippen LogP) is 2.96. The van der Waals surface area contributed by atoms with E-state index in [9.17, 15) is 4.79 Å². The molecule has 2 saturated heterocycles. The number of piperidine rings is 1. The van der Waals surface area contributed by atoms with Crippen LogP contribution in [0.2, 0.25) is 0 Å². The summed E-state index contributed by atoms with van der Waals surface area (Å²) in [5, 5.41) is 8.36. The van der Waals surface area contributed by atoms with Crippen molar-refractivity contribution in [1.82, 2.24) is 20.0 Å². The van der Waals surface area contributed by atoms with Crippen LogP contribution in [0.4, 0.5) is 0 Å². The smallest absolute Gasteiger partial charge is 0.247 e. The lowest BCUT2D eigenvalue weighted by molar-refractivity contribution is -0.147. The summed E-state index contributed by atoms with van der Waals surface area (Å²) < 4.78 is 5.83. The number of aromatic nitrogens is 2. The number of carbonyl (C=O) groups is 1. The number of likely N-dealkylation sites (tertiary alicyclic amines) is 2. The van der Waals surface area contributed by atoms with Gasteiger partial charge in [-0.15, -0.1) is 10.2 Å². The molecule has 0 radical (unpaired) electrons. The van der Waals surface area contributed by atoms with Crippen LogP contribution in [0.15, 0.2) is 34.7 Å². The number of benzene rings is 1. The molecule has 2 fully saturated rings. The lowest BCUT2D eigenvalue weighted by Crippen LogP contribution is -2.52. The Morgan fingerprint density at radius 1 is 1.15 bits per heavy atom. The van der Waals surface area contributed by atoms with Crippen LogP contribution in [0.3, 0.4) is 0 Å². The molecule has 1 atom stereocenters. The molecule has 4 rings (SSSR count). The molecule has 6 heteroatoms. The third kappa shape index (κ3) is 3.14. The van der Waals surface area contributed by atoms with E-state index in [-0.39, 0.29) is 11.5 Å². The molecule has 138 valence electrons. The molecular weight excluding hydrogens is 328 g/mol. The molecule has 2 aliphatic heterocycles. The number of nitrogens with zero attached hydrogens (tertiary/aromatic N) is 4. The van der Waals surface area contributed by atoms with Gasteiger partial charge in [0.15, 0.2) is 0 Å². The van der Waals surface area contributed by atoms with Gasteiger partial charge in [-0.2, -0.15) is 0 Å². The van der Waals surface area contributed by atoms with Gasteiger partial charge in [-0.05, 0) is 51.8 Å². The molecule has 2 aromatic rings. The van der Waals surface area contributed by atoms with E-state index >= 15 is 0 Å². The van der Waals surface area contributed by atoms with Gasteiger partial charge in [0.05, 0.1) is 12.0 Å². The number of rotatable bonds is 4. The first-order valence-corrected chi connectivity index (χ1v) is 9.49. The maximum absolute atomic E-state index is 13.0. The SMILES string of the molecule is CC(C)N1CCCC2(CCN(Cc3nnc(-c4ccccc4)o3)C2)C1=O. The van der Waals surface area contributed by atoms with Crippen molar-refractivity contribution in [2.45, 2.75) is 45.7 Å². The topological polar surface area (TPSA) is 62.5 Å². The molecule has 1 aromatic carbocycles. The Balaban J connectivity index is 1.43. The molecule has 26 heavy (non-hydrogen) atoms. The molecule has 6 nitrogen and oxygen atoms in total. The molecule has 0 saturated carbocycles. The van der Waals surface area contributed by atoms with E-state index < -0.39 is 0 Å². The zero-order valence-corrected chi connectivity index (χ0v) is 15.5. The molecule has 1 aromatic heterocycles. The minimum Gasteiger partial charge on any atom is -0.419 e. The quantitative estimate of drug-likeness (QED) is 0.845. The monoisotopic (exact) mass is 354 g/mol. The van der Waals surface area contributed by atoms with Gasteiger partial charge in [0, 0.05) is 24.7 Å². The Kier molecular flexibility index (Phi) is 4.53. The summed E-state index contributed by atoms with van der Waals surface area (Å²) >= 11 is 0. The largest absolute Gasteiger partial charge is 0.419 e. The van der Waals surface area contributed by atoms with Crippen LogP contribution in [-0.2, 0) is 11.3 Å². The number of hydrogen-bond acceptors (Lipinski definition) is 5. The highest BCUT2D eigenvalue weighted by molar-refractivity contribution is 5.84. The van der Waals surface area contributed by atoms with Crippen LogP contribution in [0.1, 0.15) is 39.0 Å². The van der Waals surface area contributed by atoms with E-state index in [0.29, 0.717) is 24.2 Å². The second-order valence-electron chi connectivity index (χ2n) is 7.80. The molecule has 0 aliphatic carbocycles. The van der Waals surface area contributed by atoms with Crippen molar-refractivity contribution in [3.63, 3.8) is 0 Å². The van der Waals surface area contributed by atoms with Gasteiger partial charge in [0.2, 0.25) is 17.7 Å². The van der Waals surface area contributed by atoms with E-state index in [1.54, 1.807) is 0 Å². The fourth-order valence-corrected chi connectivity index (χ4v) is 4.27. The van der Waals surface area contributed by atoms with Crippen molar-refractivity contribution < 1.29 is 9.21 Å². The second-order valence-corrected chi connectivity index (χ2v) is 7.80. The van der Waals surface area contributed by atoms with E-state index in [4.69, 9.17) is 4.42 Å². The van der Waals surface area contributed by atoms with E-state index in [0.717, 1.165) is 44.5 Å². The van der Waals surface area contributed by atoms with Gasteiger partial charge >= 0.3 is 0 Å². The van der Waals surface area contributed by atoms with Crippen LogP contribution in [0, 0.1) is 5.41 Å². The maximum Gasteiger partial charge on any atom is 0.247 e. The zero-order valence-electron chi connectivity index (χ0n) is 15.5. The van der Waals surface area contributed by atoms with Crippen molar-refractivity contribution in [2.24, 2.45) is 5.41 Å². The lowest BCUT2D eigenvalue weighted by atomic mass is 9.78. The standard InChI is InChI=1S/C20H26N4O2/c1-15(2)24-11-6-9-20(19(24)25)10-12-23(14-20)13-17-21-22-18(26-17)16-7-4-3-5-8-16/h3-5,7-8,15H,6,9-14H2,1-2H3. The summed E-state index contributed by atoms with van der Waals surface area (Å²) in [4.78, 5) is 17.4. The average Bonchev–Trinajstić information content (AvgIpc) is 3.26. The predicted molar refractivity (Wildman–Crippen MR) is 98.1 cm³/mol. The van der Waals surface area contributed by atoms with E-state index in [1.165, 1.54) is 0 Å². The van der Waals surface area contributed by atoms with Gasteiger partial charge in [-0.1, -0.05) is 18.2 Å². The van der Waals surface area contributed by atoms with Gasteiger partial charge < -0.3 is 9.32 Å². The fraction of sp³-hybridized carbons (Fsp3) is 0.550. The Morgan fingerprint density at radius 3 is 2.73 bits per heavy atom. The molecule has 1 amide bonds. The molecule has 3 heterocycles. The minimum atomic E-state index is -0.217. The van der Waals surface area contributed by atoms with Gasteiger partial charge in [0.1, 0.15) is 0 Å². The van der Waals surface area contributed by atoms with Crippen LogP contribution >= 0.6 is 0 Å². The average molecular weight is 354 g/mol. The maximum atomic E-state index is 13.0. The van der Waals surface area contributed by atoms with Crippen molar-refractivity contribution in [3.05, 3.63) is 36.2 Å². The first-order chi connectivity index (χ1) is 12.6. The van der Waals surface area contributed by atoms with Gasteiger partial charge in [-0.3, -0.25) is 9.69 Å². The fourth-order valence-electron chi connectivity index (χ4n) is 4.27. The number of carbonyl (C=O) groups excluding carboxylic acids is 1. The van der Waals surface area contributed by atoms with Crippen molar-refractivity contribution >= 4 is 5.91 Å². The molecule has 0 N–H and O–H groups in total. The summed E-state index contributed by atoms with van der Waals surface area (Å²) in [6, 6.07) is 10.1. The zero-order chi connectivity index (χ0) is 18.1. The molecule has 1 unspecified atom stereocenters. The number of hydrogen-bond donors (Lipinski definition) is 0. The highest BCUT2D eigenvalue weighted by Crippen LogP contribution is 2.41. The van der Waals surface area contributed by atoms with Gasteiger partial charge in [0.25, 0.3) is 0 Å². The minimum absolute atomic E-state index is 0.217. The van der Waals surface area contributed by atoms with Crippen LogP contribution in [0.25, 0.3) is 11.5 Å². The second kappa shape index (κ2) is 6.83. The summed E-state index contributed by atoms with van der Waals surface area (Å²) in [6.07, 6.45) is 3.01. The Morgan fingerprint density at radius 2 is 1.96 bits per heavy atom. The lowest BCUT2D eigenvalue weighted by Gasteiger charge is -2.41. The van der Waals surface area contributed by atoms with E-state index in [2.05, 4.69) is 28.9 Å². The first-order valence-electron chi connectivity index (χ1n) is 9.49. The van der Waals surface area contributed by atoms with Crippen molar-refractivity contribution in [2.75, 3.05) is 19.6 Å². The molecule has 2 aliphatic rings. The molecule has 1 spiro atoms. The van der Waals surface area contributed by atoms with Crippen LogP contribution in [0.5, 0.6) is 0 Å². The highest BCUT2D eigenvalue weighted by atomic mass is 16.4. The summed E-state index contributed by atoms with van der Waals surface area (Å²) in [7, 11) is 0.